The quantitative estimate of drug-likeness (QED) is 0.726. The van der Waals surface area contributed by atoms with Gasteiger partial charge >= 0.3 is 0 Å². The predicted molar refractivity (Wildman–Crippen MR) is 95.9 cm³/mol. The Labute approximate surface area is 148 Å². The van der Waals surface area contributed by atoms with Gasteiger partial charge in [-0.3, -0.25) is 4.79 Å². The van der Waals surface area contributed by atoms with Crippen LogP contribution < -0.4 is 14.8 Å². The Hall–Kier alpha value is -2.34. The van der Waals surface area contributed by atoms with E-state index < -0.39 is 11.7 Å². The van der Waals surface area contributed by atoms with Crippen LogP contribution in [-0.2, 0) is 4.79 Å². The second-order valence-corrected chi connectivity index (χ2v) is 5.71. The monoisotopic (exact) mass is 393 g/mol. The molecule has 0 fully saturated rings. The number of anilines is 1. The lowest BCUT2D eigenvalue weighted by Crippen LogP contribution is -2.09. The van der Waals surface area contributed by atoms with E-state index in [2.05, 4.69) is 21.2 Å². The van der Waals surface area contributed by atoms with Crippen LogP contribution in [0.2, 0.25) is 0 Å². The number of benzene rings is 2. The van der Waals surface area contributed by atoms with Crippen LogP contribution in [-0.4, -0.2) is 19.6 Å². The largest absolute Gasteiger partial charge is 0.493 e. The van der Waals surface area contributed by atoms with Crippen LogP contribution in [0.15, 0.2) is 46.9 Å². The molecule has 0 unspecified atom stereocenters. The lowest BCUT2D eigenvalue weighted by atomic mass is 10.2. The lowest BCUT2D eigenvalue weighted by molar-refractivity contribution is -0.111. The molecule has 6 heteroatoms. The second-order valence-electron chi connectivity index (χ2n) is 4.79. The maximum Gasteiger partial charge on any atom is 0.248 e. The molecule has 0 saturated heterocycles. The minimum atomic E-state index is -0.506. The van der Waals surface area contributed by atoms with Crippen molar-refractivity contribution < 1.29 is 18.7 Å². The Morgan fingerprint density at radius 2 is 2.04 bits per heavy atom. The minimum absolute atomic E-state index is 0.122. The third-order valence-corrected chi connectivity index (χ3v) is 3.60. The highest BCUT2D eigenvalue weighted by Gasteiger charge is 2.06. The highest BCUT2D eigenvalue weighted by atomic mass is 79.9. The molecule has 0 atom stereocenters. The van der Waals surface area contributed by atoms with E-state index >= 15 is 0 Å². The Kier molecular flexibility index (Phi) is 6.37. The summed E-state index contributed by atoms with van der Waals surface area (Å²) < 4.78 is 25.0. The van der Waals surface area contributed by atoms with E-state index in [1.54, 1.807) is 37.5 Å². The van der Waals surface area contributed by atoms with Gasteiger partial charge in [0.1, 0.15) is 5.82 Å². The first-order valence-corrected chi connectivity index (χ1v) is 8.07. The van der Waals surface area contributed by atoms with Gasteiger partial charge in [0, 0.05) is 10.5 Å². The Balaban J connectivity index is 2.08. The van der Waals surface area contributed by atoms with Gasteiger partial charge in [0.25, 0.3) is 0 Å². The molecule has 0 bridgehead atoms. The number of carbonyl (C=O) groups is 1. The average molecular weight is 394 g/mol. The Bertz CT molecular complexity index is 762. The zero-order chi connectivity index (χ0) is 17.5. The summed E-state index contributed by atoms with van der Waals surface area (Å²) in [5.74, 6) is 0.287. The smallest absolute Gasteiger partial charge is 0.248 e. The van der Waals surface area contributed by atoms with Crippen molar-refractivity contribution in [2.24, 2.45) is 0 Å². The summed E-state index contributed by atoms with van der Waals surface area (Å²) in [5, 5.41) is 2.49. The van der Waals surface area contributed by atoms with Crippen LogP contribution >= 0.6 is 15.9 Å². The van der Waals surface area contributed by atoms with Gasteiger partial charge in [0.2, 0.25) is 5.91 Å². The van der Waals surface area contributed by atoms with Gasteiger partial charge in [-0.15, -0.1) is 0 Å². The number of hydrogen-bond donors (Lipinski definition) is 1. The molecule has 126 valence electrons. The fourth-order valence-corrected chi connectivity index (χ4v) is 2.33. The highest BCUT2D eigenvalue weighted by molar-refractivity contribution is 9.10. The van der Waals surface area contributed by atoms with Crippen LogP contribution in [0.1, 0.15) is 12.5 Å². The summed E-state index contributed by atoms with van der Waals surface area (Å²) in [4.78, 5) is 11.9. The van der Waals surface area contributed by atoms with Gasteiger partial charge in [-0.1, -0.05) is 22.0 Å². The number of hydrogen-bond acceptors (Lipinski definition) is 3. The molecule has 2 aromatic carbocycles. The Morgan fingerprint density at radius 3 is 2.71 bits per heavy atom. The fourth-order valence-electron chi connectivity index (χ4n) is 2.00. The number of nitrogens with one attached hydrogen (secondary N) is 1. The van der Waals surface area contributed by atoms with Crippen molar-refractivity contribution in [3.05, 3.63) is 58.3 Å². The lowest BCUT2D eigenvalue weighted by Gasteiger charge is -2.09. The van der Waals surface area contributed by atoms with E-state index in [0.717, 1.165) is 5.56 Å². The van der Waals surface area contributed by atoms with Crippen molar-refractivity contribution in [1.29, 1.82) is 0 Å². The van der Waals surface area contributed by atoms with Crippen molar-refractivity contribution in [3.8, 4) is 11.5 Å². The molecule has 0 radical (unpaired) electrons. The van der Waals surface area contributed by atoms with E-state index in [1.807, 2.05) is 6.92 Å². The number of ether oxygens (including phenoxy) is 2. The minimum Gasteiger partial charge on any atom is -0.493 e. The zero-order valence-electron chi connectivity index (χ0n) is 13.3. The second kappa shape index (κ2) is 8.49. The van der Waals surface area contributed by atoms with Crippen LogP contribution in [0, 0.1) is 5.82 Å². The molecule has 0 saturated carbocycles. The molecular formula is C18H17BrFNO3. The van der Waals surface area contributed by atoms with Crippen LogP contribution in [0.4, 0.5) is 10.1 Å². The molecular weight excluding hydrogens is 377 g/mol. The Morgan fingerprint density at radius 1 is 1.25 bits per heavy atom. The van der Waals surface area contributed by atoms with E-state index in [1.165, 1.54) is 18.2 Å². The topological polar surface area (TPSA) is 47.6 Å². The van der Waals surface area contributed by atoms with E-state index in [-0.39, 0.29) is 5.69 Å². The van der Waals surface area contributed by atoms with E-state index in [9.17, 15) is 9.18 Å². The molecule has 2 aromatic rings. The summed E-state index contributed by atoms with van der Waals surface area (Å²) >= 11 is 3.17. The number of carbonyl (C=O) groups excluding carboxylic acids is 1. The van der Waals surface area contributed by atoms with Gasteiger partial charge < -0.3 is 14.8 Å². The van der Waals surface area contributed by atoms with E-state index in [4.69, 9.17) is 9.47 Å². The standard InChI is InChI=1S/C18H17BrFNO3/c1-3-24-16-8-4-12(10-17(16)23-2)5-9-18(22)21-15-7-6-13(19)11-14(15)20/h4-11H,3H2,1-2H3,(H,21,22)/b9-5+. The first-order chi connectivity index (χ1) is 11.5. The summed E-state index contributed by atoms with van der Waals surface area (Å²) in [6.07, 6.45) is 2.95. The van der Waals surface area contributed by atoms with E-state index in [0.29, 0.717) is 22.6 Å². The van der Waals surface area contributed by atoms with Crippen molar-refractivity contribution in [3.63, 3.8) is 0 Å². The molecule has 1 N–H and O–H groups in total. The molecule has 0 aliphatic carbocycles. The van der Waals surface area contributed by atoms with Crippen molar-refractivity contribution >= 4 is 33.6 Å². The molecule has 4 nitrogen and oxygen atoms in total. The molecule has 0 spiro atoms. The molecule has 0 heterocycles. The highest BCUT2D eigenvalue weighted by Crippen LogP contribution is 2.28. The summed E-state index contributed by atoms with van der Waals surface area (Å²) in [7, 11) is 1.55. The maximum absolute atomic E-state index is 13.7. The normalized spacial score (nSPS) is 10.7. The van der Waals surface area contributed by atoms with Crippen LogP contribution in [0.5, 0.6) is 11.5 Å². The molecule has 0 aromatic heterocycles. The maximum atomic E-state index is 13.7. The number of rotatable bonds is 6. The molecule has 24 heavy (non-hydrogen) atoms. The van der Waals surface area contributed by atoms with Crippen LogP contribution in [0.25, 0.3) is 6.08 Å². The van der Waals surface area contributed by atoms with Gasteiger partial charge in [0.15, 0.2) is 11.5 Å². The van der Waals surface area contributed by atoms with Gasteiger partial charge in [-0.05, 0) is 48.9 Å². The van der Waals surface area contributed by atoms with Crippen LogP contribution in [0.3, 0.4) is 0 Å². The van der Waals surface area contributed by atoms with Gasteiger partial charge in [0.05, 0.1) is 19.4 Å². The number of halogens is 2. The molecule has 1 amide bonds. The third kappa shape index (κ3) is 4.83. The predicted octanol–water partition coefficient (Wildman–Crippen LogP) is 4.65. The first-order valence-electron chi connectivity index (χ1n) is 7.28. The summed E-state index contributed by atoms with van der Waals surface area (Å²) in [5.41, 5.74) is 0.888. The molecule has 0 aliphatic rings. The average Bonchev–Trinajstić information content (AvgIpc) is 2.56. The molecule has 0 aliphatic heterocycles. The zero-order valence-corrected chi connectivity index (χ0v) is 14.9. The SMILES string of the molecule is CCOc1ccc(/C=C/C(=O)Nc2ccc(Br)cc2F)cc1OC. The van der Waals surface area contributed by atoms with Gasteiger partial charge in [-0.2, -0.15) is 0 Å². The van der Waals surface area contributed by atoms with Crippen molar-refractivity contribution in [2.75, 3.05) is 19.0 Å². The van der Waals surface area contributed by atoms with Gasteiger partial charge in [-0.25, -0.2) is 4.39 Å². The fraction of sp³-hybridized carbons (Fsp3) is 0.167. The van der Waals surface area contributed by atoms with Crippen molar-refractivity contribution in [1.82, 2.24) is 0 Å². The number of methoxy groups -OCH3 is 1. The van der Waals surface area contributed by atoms with Crippen molar-refractivity contribution in [2.45, 2.75) is 6.92 Å². The summed E-state index contributed by atoms with van der Waals surface area (Å²) in [6.45, 7) is 2.42. The number of amides is 1. The third-order valence-electron chi connectivity index (χ3n) is 3.10. The first kappa shape index (κ1) is 18.0. The summed E-state index contributed by atoms with van der Waals surface area (Å²) in [6, 6.07) is 9.77. The molecule has 2 rings (SSSR count).